The van der Waals surface area contributed by atoms with Crippen molar-refractivity contribution in [2.45, 2.75) is 168 Å². The minimum atomic E-state index is 0.857. The molecule has 0 aliphatic carbocycles. The Balaban J connectivity index is 0.000000510. The average molecular weight is 642 g/mol. The fraction of sp³-hybridized carbons (Fsp3) is 0.780. The highest BCUT2D eigenvalue weighted by molar-refractivity contribution is 5.90. The normalized spacial score (nSPS) is 11.1. The molecule has 1 aromatic carbocycles. The third-order valence-electron chi connectivity index (χ3n) is 8.71. The number of hydrogen-bond acceptors (Lipinski definition) is 5. The second-order valence-corrected chi connectivity index (χ2v) is 13.1. The van der Waals surface area contributed by atoms with Crippen LogP contribution in [0.15, 0.2) is 36.5 Å². The zero-order chi connectivity index (χ0) is 33.0. The number of unbranched alkanes of at least 4 members (excludes halogenated alkanes) is 20. The lowest BCUT2D eigenvalue weighted by Crippen LogP contribution is -2.02. The SMILES string of the molecule is CCCCCCOCCCCCCCCCCN.CCCCCCOCCCCCCCCCCNc1ccnc2ccccc12. The van der Waals surface area contributed by atoms with E-state index in [1.54, 1.807) is 0 Å². The molecule has 266 valence electrons. The minimum absolute atomic E-state index is 0.857. The molecule has 0 aliphatic rings. The summed E-state index contributed by atoms with van der Waals surface area (Å²) in [6, 6.07) is 10.4. The van der Waals surface area contributed by atoms with Crippen LogP contribution in [-0.2, 0) is 9.47 Å². The predicted octanol–water partition coefficient (Wildman–Crippen LogP) is 12.0. The number of aromatic nitrogens is 1. The topological polar surface area (TPSA) is 69.4 Å². The Morgan fingerprint density at radius 1 is 0.522 bits per heavy atom. The number of pyridine rings is 1. The van der Waals surface area contributed by atoms with Gasteiger partial charge in [0.2, 0.25) is 0 Å². The van der Waals surface area contributed by atoms with Crippen LogP contribution in [0.2, 0.25) is 0 Å². The van der Waals surface area contributed by atoms with E-state index in [1.807, 2.05) is 12.3 Å². The number of ether oxygens (including phenoxy) is 2. The molecular formula is C41H75N3O2. The maximum Gasteiger partial charge on any atom is 0.0722 e. The number of anilines is 1. The summed E-state index contributed by atoms with van der Waals surface area (Å²) >= 11 is 0. The van der Waals surface area contributed by atoms with E-state index in [2.05, 4.69) is 48.4 Å². The first kappa shape index (κ1) is 42.3. The lowest BCUT2D eigenvalue weighted by Gasteiger charge is -2.09. The number of hydrogen-bond donors (Lipinski definition) is 2. The summed E-state index contributed by atoms with van der Waals surface area (Å²) in [5.41, 5.74) is 7.73. The van der Waals surface area contributed by atoms with Gasteiger partial charge in [0.15, 0.2) is 0 Å². The summed E-state index contributed by atoms with van der Waals surface area (Å²) in [6.45, 7) is 10.3. The molecule has 2 aromatic rings. The predicted molar refractivity (Wildman–Crippen MR) is 203 cm³/mol. The van der Waals surface area contributed by atoms with Gasteiger partial charge >= 0.3 is 0 Å². The van der Waals surface area contributed by atoms with Crippen LogP contribution in [0, 0.1) is 0 Å². The summed E-state index contributed by atoms with van der Waals surface area (Å²) in [4.78, 5) is 4.42. The van der Waals surface area contributed by atoms with Crippen molar-refractivity contribution in [2.24, 2.45) is 5.73 Å². The Morgan fingerprint density at radius 2 is 0.957 bits per heavy atom. The smallest absolute Gasteiger partial charge is 0.0722 e. The van der Waals surface area contributed by atoms with Crippen LogP contribution in [-0.4, -0.2) is 44.5 Å². The first-order valence-electron chi connectivity index (χ1n) is 19.8. The maximum absolute atomic E-state index is 5.70. The third kappa shape index (κ3) is 26.4. The molecule has 1 heterocycles. The van der Waals surface area contributed by atoms with E-state index >= 15 is 0 Å². The largest absolute Gasteiger partial charge is 0.384 e. The summed E-state index contributed by atoms with van der Waals surface area (Å²) in [7, 11) is 0. The van der Waals surface area contributed by atoms with Gasteiger partial charge in [-0.1, -0.05) is 148 Å². The highest BCUT2D eigenvalue weighted by atomic mass is 16.5. The van der Waals surface area contributed by atoms with Gasteiger partial charge in [0.1, 0.15) is 0 Å². The first-order valence-corrected chi connectivity index (χ1v) is 19.8. The summed E-state index contributed by atoms with van der Waals surface area (Å²) < 4.78 is 11.3. The van der Waals surface area contributed by atoms with E-state index in [0.29, 0.717) is 0 Å². The van der Waals surface area contributed by atoms with E-state index in [-0.39, 0.29) is 0 Å². The monoisotopic (exact) mass is 642 g/mol. The van der Waals surface area contributed by atoms with Crippen molar-refractivity contribution in [3.8, 4) is 0 Å². The molecule has 1 aromatic heterocycles. The number of nitrogens with one attached hydrogen (secondary N) is 1. The molecule has 5 heteroatoms. The molecule has 0 fully saturated rings. The van der Waals surface area contributed by atoms with Crippen molar-refractivity contribution in [3.63, 3.8) is 0 Å². The molecule has 46 heavy (non-hydrogen) atoms. The summed E-state index contributed by atoms with van der Waals surface area (Å²) in [5, 5.41) is 4.80. The van der Waals surface area contributed by atoms with Gasteiger partial charge in [-0.2, -0.15) is 0 Å². The van der Waals surface area contributed by atoms with Gasteiger partial charge in [-0.3, -0.25) is 4.98 Å². The van der Waals surface area contributed by atoms with Crippen molar-refractivity contribution in [1.29, 1.82) is 0 Å². The second kappa shape index (κ2) is 34.6. The van der Waals surface area contributed by atoms with Crippen molar-refractivity contribution in [3.05, 3.63) is 36.5 Å². The molecule has 2 rings (SSSR count). The molecule has 0 radical (unpaired) electrons. The number of nitrogens with zero attached hydrogens (tertiary/aromatic N) is 1. The van der Waals surface area contributed by atoms with Crippen LogP contribution < -0.4 is 11.1 Å². The number of benzene rings is 1. The van der Waals surface area contributed by atoms with E-state index in [1.165, 1.54) is 165 Å². The Labute approximate surface area is 285 Å². The highest BCUT2D eigenvalue weighted by Gasteiger charge is 2.00. The lowest BCUT2D eigenvalue weighted by molar-refractivity contribution is 0.125. The van der Waals surface area contributed by atoms with Gasteiger partial charge in [-0.05, 0) is 57.2 Å². The van der Waals surface area contributed by atoms with E-state index in [4.69, 9.17) is 15.2 Å². The van der Waals surface area contributed by atoms with Gasteiger partial charge in [-0.25, -0.2) is 0 Å². The van der Waals surface area contributed by atoms with Crippen molar-refractivity contribution in [2.75, 3.05) is 44.8 Å². The average Bonchev–Trinajstić information content (AvgIpc) is 3.08. The van der Waals surface area contributed by atoms with Crippen molar-refractivity contribution < 1.29 is 9.47 Å². The van der Waals surface area contributed by atoms with Crippen LogP contribution in [0.25, 0.3) is 10.9 Å². The molecule has 5 nitrogen and oxygen atoms in total. The molecule has 3 N–H and O–H groups in total. The van der Waals surface area contributed by atoms with Crippen LogP contribution in [0.3, 0.4) is 0 Å². The summed E-state index contributed by atoms with van der Waals surface area (Å²) in [5.74, 6) is 0. The van der Waals surface area contributed by atoms with Crippen LogP contribution >= 0.6 is 0 Å². The number of fused-ring (bicyclic) bond motifs is 1. The molecule has 0 saturated carbocycles. The van der Waals surface area contributed by atoms with E-state index in [9.17, 15) is 0 Å². The van der Waals surface area contributed by atoms with Gasteiger partial charge in [0.05, 0.1) is 5.52 Å². The molecule has 0 unspecified atom stereocenters. The standard InChI is InChI=1S/C25H40N2O.C16H35NO/c1-2-3-4-14-21-28-22-15-10-8-6-5-7-9-13-19-26-25-18-20-27-24-17-12-11-16-23(24)25;1-2-3-4-12-15-18-16-13-10-8-6-5-7-9-11-14-17/h11-12,16-18,20H,2-10,13-15,19,21-22H2,1H3,(H,26,27);2-17H2,1H3. The molecular weight excluding hydrogens is 566 g/mol. The summed E-state index contributed by atoms with van der Waals surface area (Å²) in [6.07, 6.45) is 33.5. The molecule has 0 spiro atoms. The van der Waals surface area contributed by atoms with Crippen molar-refractivity contribution in [1.82, 2.24) is 4.98 Å². The zero-order valence-corrected chi connectivity index (χ0v) is 30.5. The minimum Gasteiger partial charge on any atom is -0.384 e. The van der Waals surface area contributed by atoms with Gasteiger partial charge < -0.3 is 20.5 Å². The maximum atomic E-state index is 5.70. The molecule has 0 amide bonds. The Bertz CT molecular complexity index is 856. The Morgan fingerprint density at radius 3 is 1.46 bits per heavy atom. The van der Waals surface area contributed by atoms with E-state index in [0.717, 1.165) is 45.0 Å². The van der Waals surface area contributed by atoms with Gasteiger partial charge in [0.25, 0.3) is 0 Å². The fourth-order valence-corrected chi connectivity index (χ4v) is 5.74. The first-order chi connectivity index (χ1) is 22.8. The Kier molecular flexibility index (Phi) is 31.9. The molecule has 0 saturated heterocycles. The van der Waals surface area contributed by atoms with Crippen LogP contribution in [0.4, 0.5) is 5.69 Å². The van der Waals surface area contributed by atoms with Gasteiger partial charge in [-0.15, -0.1) is 0 Å². The molecule has 0 bridgehead atoms. The van der Waals surface area contributed by atoms with Gasteiger partial charge in [0, 0.05) is 50.2 Å². The fourth-order valence-electron chi connectivity index (χ4n) is 5.74. The number of para-hydroxylation sites is 1. The van der Waals surface area contributed by atoms with Crippen LogP contribution in [0.1, 0.15) is 168 Å². The number of nitrogens with two attached hydrogens (primary N) is 1. The molecule has 0 aliphatic heterocycles. The highest BCUT2D eigenvalue weighted by Crippen LogP contribution is 2.21. The van der Waals surface area contributed by atoms with Crippen molar-refractivity contribution >= 4 is 16.6 Å². The quantitative estimate of drug-likeness (QED) is 0.0778. The lowest BCUT2D eigenvalue weighted by atomic mass is 10.1. The third-order valence-corrected chi connectivity index (χ3v) is 8.71. The van der Waals surface area contributed by atoms with E-state index < -0.39 is 0 Å². The zero-order valence-electron chi connectivity index (χ0n) is 30.5. The second-order valence-electron chi connectivity index (χ2n) is 13.1. The number of rotatable bonds is 32. The Hall–Kier alpha value is -1.69. The van der Waals surface area contributed by atoms with Crippen LogP contribution in [0.5, 0.6) is 0 Å². The molecule has 0 atom stereocenters.